The second kappa shape index (κ2) is 8.92. The lowest BCUT2D eigenvalue weighted by molar-refractivity contribution is 0.00801. The lowest BCUT2D eigenvalue weighted by atomic mass is 9.90. The highest BCUT2D eigenvalue weighted by Crippen LogP contribution is 2.34. The monoisotopic (exact) mass is 484 g/mol. The van der Waals surface area contributed by atoms with Gasteiger partial charge in [-0.3, -0.25) is 4.90 Å². The fourth-order valence-electron chi connectivity index (χ4n) is 4.16. The van der Waals surface area contributed by atoms with Crippen LogP contribution in [0.15, 0.2) is 16.7 Å². The van der Waals surface area contributed by atoms with E-state index in [4.69, 9.17) is 9.26 Å². The van der Waals surface area contributed by atoms with Gasteiger partial charge in [-0.1, -0.05) is 25.9 Å². The van der Waals surface area contributed by atoms with Crippen LogP contribution in [-0.4, -0.2) is 66.3 Å². The molecule has 3 heterocycles. The van der Waals surface area contributed by atoms with Gasteiger partial charge in [-0.05, 0) is 36.5 Å². The molecular formula is C22H30F2N4O4S. The molecule has 4 rings (SSSR count). The largest absolute Gasteiger partial charge is 0.482 e. The van der Waals surface area contributed by atoms with E-state index in [1.165, 1.54) is 22.7 Å². The molecular weight excluding hydrogens is 454 g/mol. The van der Waals surface area contributed by atoms with Crippen molar-refractivity contribution in [2.75, 3.05) is 32.4 Å². The maximum Gasteiger partial charge on any atom is 0.232 e. The van der Waals surface area contributed by atoms with Crippen molar-refractivity contribution in [3.8, 4) is 5.75 Å². The summed E-state index contributed by atoms with van der Waals surface area (Å²) >= 11 is 0. The van der Waals surface area contributed by atoms with Crippen LogP contribution in [0.4, 0.5) is 8.78 Å². The van der Waals surface area contributed by atoms with Crippen LogP contribution in [0.2, 0.25) is 0 Å². The van der Waals surface area contributed by atoms with E-state index < -0.39 is 21.7 Å². The van der Waals surface area contributed by atoms with Crippen molar-refractivity contribution in [3.63, 3.8) is 0 Å². The topological polar surface area (TPSA) is 88.8 Å². The number of rotatable bonds is 6. The SMILES string of the molecule is CC(C)(C)c1nc(CN2CC(Oc3c(F)cc(C4CCN(S(C)(=O)=O)CC4)cc3F)C2)no1. The predicted molar refractivity (Wildman–Crippen MR) is 117 cm³/mol. The standard InChI is InChI=1S/C22H30F2N4O4S/c1-22(2,3)21-25-19(26-32-21)13-27-11-16(12-27)31-20-17(23)9-15(10-18(20)24)14-5-7-28(8-6-14)33(4,29)30/h9-10,14,16H,5-8,11-13H2,1-4H3. The van der Waals surface area contributed by atoms with Gasteiger partial charge in [0, 0.05) is 31.6 Å². The summed E-state index contributed by atoms with van der Waals surface area (Å²) < 4.78 is 65.0. The van der Waals surface area contributed by atoms with Gasteiger partial charge in [0.2, 0.25) is 15.9 Å². The Bertz CT molecular complexity index is 1080. The molecule has 0 amide bonds. The summed E-state index contributed by atoms with van der Waals surface area (Å²) in [6.45, 7) is 8.16. The molecule has 0 unspecified atom stereocenters. The number of sulfonamides is 1. The van der Waals surface area contributed by atoms with Gasteiger partial charge in [0.25, 0.3) is 0 Å². The molecule has 0 radical (unpaired) electrons. The van der Waals surface area contributed by atoms with Crippen LogP contribution >= 0.6 is 0 Å². The first-order valence-corrected chi connectivity index (χ1v) is 12.9. The third kappa shape index (κ3) is 5.52. The van der Waals surface area contributed by atoms with Crippen LogP contribution in [0.25, 0.3) is 0 Å². The van der Waals surface area contributed by atoms with Crippen molar-refractivity contribution in [2.24, 2.45) is 0 Å². The zero-order valence-electron chi connectivity index (χ0n) is 19.3. The molecule has 0 bridgehead atoms. The summed E-state index contributed by atoms with van der Waals surface area (Å²) in [6, 6.07) is 2.62. The normalized spacial score (nSPS) is 19.6. The van der Waals surface area contributed by atoms with Crippen LogP contribution in [0.3, 0.4) is 0 Å². The van der Waals surface area contributed by atoms with Gasteiger partial charge in [-0.25, -0.2) is 21.5 Å². The minimum Gasteiger partial charge on any atom is -0.482 e. The average molecular weight is 485 g/mol. The number of likely N-dealkylation sites (tertiary alicyclic amines) is 1. The van der Waals surface area contributed by atoms with Crippen molar-refractivity contribution in [3.05, 3.63) is 41.0 Å². The first-order valence-electron chi connectivity index (χ1n) is 11.1. The Labute approximate surface area is 192 Å². The van der Waals surface area contributed by atoms with Crippen molar-refractivity contribution >= 4 is 10.0 Å². The van der Waals surface area contributed by atoms with Gasteiger partial charge in [0.05, 0.1) is 12.8 Å². The third-order valence-electron chi connectivity index (χ3n) is 6.10. The fourth-order valence-corrected chi connectivity index (χ4v) is 5.04. The Hall–Kier alpha value is -2.11. The van der Waals surface area contributed by atoms with Crippen LogP contribution in [0.5, 0.6) is 5.75 Å². The Morgan fingerprint density at radius 3 is 2.27 bits per heavy atom. The van der Waals surface area contributed by atoms with Crippen molar-refractivity contribution < 1.29 is 26.5 Å². The Kier molecular flexibility index (Phi) is 6.49. The summed E-state index contributed by atoms with van der Waals surface area (Å²) in [4.78, 5) is 6.41. The molecule has 33 heavy (non-hydrogen) atoms. The number of hydrogen-bond donors (Lipinski definition) is 0. The summed E-state index contributed by atoms with van der Waals surface area (Å²) in [6.07, 6.45) is 1.89. The molecule has 1 aromatic heterocycles. The van der Waals surface area contributed by atoms with Gasteiger partial charge in [-0.2, -0.15) is 4.98 Å². The quantitative estimate of drug-likeness (QED) is 0.623. The molecule has 2 saturated heterocycles. The van der Waals surface area contributed by atoms with Crippen LogP contribution < -0.4 is 4.74 Å². The van der Waals surface area contributed by atoms with Gasteiger partial charge < -0.3 is 9.26 Å². The van der Waals surface area contributed by atoms with E-state index in [1.54, 1.807) is 0 Å². The number of hydrogen-bond acceptors (Lipinski definition) is 7. The minimum absolute atomic E-state index is 0.0896. The maximum absolute atomic E-state index is 14.7. The third-order valence-corrected chi connectivity index (χ3v) is 7.40. The smallest absolute Gasteiger partial charge is 0.232 e. The zero-order chi connectivity index (χ0) is 24.0. The maximum atomic E-state index is 14.7. The minimum atomic E-state index is -3.25. The van der Waals surface area contributed by atoms with E-state index in [9.17, 15) is 17.2 Å². The number of ether oxygens (including phenoxy) is 1. The van der Waals surface area contributed by atoms with E-state index in [-0.39, 0.29) is 23.2 Å². The van der Waals surface area contributed by atoms with E-state index >= 15 is 0 Å². The highest BCUT2D eigenvalue weighted by Gasteiger charge is 2.33. The summed E-state index contributed by atoms with van der Waals surface area (Å²) in [5, 5.41) is 3.99. The summed E-state index contributed by atoms with van der Waals surface area (Å²) in [7, 11) is -3.25. The van der Waals surface area contributed by atoms with Crippen molar-refractivity contribution in [1.29, 1.82) is 0 Å². The molecule has 2 aromatic rings. The molecule has 0 atom stereocenters. The number of piperidine rings is 1. The molecule has 2 fully saturated rings. The molecule has 8 nitrogen and oxygen atoms in total. The van der Waals surface area contributed by atoms with Crippen molar-refractivity contribution in [2.45, 2.75) is 57.6 Å². The molecule has 0 aliphatic carbocycles. The first kappa shape index (κ1) is 24.0. The molecule has 2 aliphatic rings. The van der Waals surface area contributed by atoms with Gasteiger partial charge in [0.15, 0.2) is 23.2 Å². The first-order chi connectivity index (χ1) is 15.4. The number of nitrogens with zero attached hydrogens (tertiary/aromatic N) is 4. The Balaban J connectivity index is 1.31. The lowest BCUT2D eigenvalue weighted by Gasteiger charge is -2.38. The molecule has 0 N–H and O–H groups in total. The van der Waals surface area contributed by atoms with Crippen LogP contribution in [0.1, 0.15) is 56.8 Å². The van der Waals surface area contributed by atoms with E-state index in [1.807, 2.05) is 25.7 Å². The van der Waals surface area contributed by atoms with E-state index in [2.05, 4.69) is 10.1 Å². The highest BCUT2D eigenvalue weighted by molar-refractivity contribution is 7.88. The van der Waals surface area contributed by atoms with E-state index in [0.29, 0.717) is 62.8 Å². The second-order valence-corrected chi connectivity index (χ2v) is 11.9. The second-order valence-electron chi connectivity index (χ2n) is 9.95. The number of halogens is 2. The molecule has 0 saturated carbocycles. The van der Waals surface area contributed by atoms with E-state index in [0.717, 1.165) is 0 Å². The summed E-state index contributed by atoms with van der Waals surface area (Å²) in [5.74, 6) is -0.789. The summed E-state index contributed by atoms with van der Waals surface area (Å²) in [5.41, 5.74) is 0.310. The molecule has 182 valence electrons. The van der Waals surface area contributed by atoms with Crippen molar-refractivity contribution in [1.82, 2.24) is 19.3 Å². The predicted octanol–water partition coefficient (Wildman–Crippen LogP) is 3.05. The van der Waals surface area contributed by atoms with Crippen LogP contribution in [-0.2, 0) is 22.0 Å². The Morgan fingerprint density at radius 1 is 1.15 bits per heavy atom. The van der Waals surface area contributed by atoms with Gasteiger partial charge >= 0.3 is 0 Å². The molecule has 0 spiro atoms. The van der Waals surface area contributed by atoms with Gasteiger partial charge in [0.1, 0.15) is 6.10 Å². The Morgan fingerprint density at radius 2 is 1.76 bits per heavy atom. The number of benzene rings is 1. The lowest BCUT2D eigenvalue weighted by Crippen LogP contribution is -2.53. The average Bonchev–Trinajstić information content (AvgIpc) is 3.17. The highest BCUT2D eigenvalue weighted by atomic mass is 32.2. The van der Waals surface area contributed by atoms with Crippen LogP contribution in [0, 0.1) is 11.6 Å². The fraction of sp³-hybridized carbons (Fsp3) is 0.636. The number of aromatic nitrogens is 2. The molecule has 11 heteroatoms. The molecule has 2 aliphatic heterocycles. The van der Waals surface area contributed by atoms with Gasteiger partial charge in [-0.15, -0.1) is 0 Å². The zero-order valence-corrected chi connectivity index (χ0v) is 20.2. The molecule has 1 aromatic carbocycles.